The van der Waals surface area contributed by atoms with Crippen molar-refractivity contribution < 1.29 is 19.2 Å². The summed E-state index contributed by atoms with van der Waals surface area (Å²) in [7, 11) is 0. The Morgan fingerprint density at radius 2 is 2.12 bits per heavy atom. The molecule has 0 bridgehead atoms. The van der Waals surface area contributed by atoms with E-state index in [0.29, 0.717) is 0 Å². The molecule has 5 nitrogen and oxygen atoms in total. The third-order valence-corrected chi connectivity index (χ3v) is 2.12. The molecule has 0 spiro atoms. The average molecular weight is 229 g/mol. The van der Waals surface area contributed by atoms with Crippen molar-refractivity contribution in [3.63, 3.8) is 0 Å². The second-order valence-electron chi connectivity index (χ2n) is 3.44. The normalized spacial score (nSPS) is 14.2. The summed E-state index contributed by atoms with van der Waals surface area (Å²) in [5, 5.41) is 19.5. The number of hydrogen-bond acceptors (Lipinski definition) is 4. The van der Waals surface area contributed by atoms with Gasteiger partial charge >= 0.3 is 0 Å². The van der Waals surface area contributed by atoms with Gasteiger partial charge in [0.2, 0.25) is 0 Å². The highest BCUT2D eigenvalue weighted by Gasteiger charge is 2.16. The molecule has 0 fully saturated rings. The molecule has 0 heterocycles. The van der Waals surface area contributed by atoms with Crippen molar-refractivity contribution in [1.82, 2.24) is 0 Å². The van der Waals surface area contributed by atoms with E-state index in [0.717, 1.165) is 12.1 Å². The van der Waals surface area contributed by atoms with Crippen LogP contribution in [0.4, 0.5) is 10.1 Å². The van der Waals surface area contributed by atoms with Gasteiger partial charge in [0.1, 0.15) is 6.10 Å². The van der Waals surface area contributed by atoms with Crippen molar-refractivity contribution in [2.24, 2.45) is 0 Å². The molecule has 2 atom stereocenters. The first-order valence-electron chi connectivity index (χ1n) is 4.70. The maximum atomic E-state index is 13.3. The summed E-state index contributed by atoms with van der Waals surface area (Å²) in [6, 6.07) is 3.10. The molecule has 16 heavy (non-hydrogen) atoms. The monoisotopic (exact) mass is 229 g/mol. The van der Waals surface area contributed by atoms with Crippen LogP contribution in [0.5, 0.6) is 5.75 Å². The lowest BCUT2D eigenvalue weighted by Gasteiger charge is -2.17. The molecule has 0 aliphatic carbocycles. The fraction of sp³-hybridized carbons (Fsp3) is 0.400. The lowest BCUT2D eigenvalue weighted by atomic mass is 10.2. The molecule has 2 unspecified atom stereocenters. The highest BCUT2D eigenvalue weighted by atomic mass is 19.1. The minimum absolute atomic E-state index is 0.112. The Hall–Kier alpha value is -1.69. The molecule has 0 saturated carbocycles. The third kappa shape index (κ3) is 2.90. The Bertz CT molecular complexity index is 394. The van der Waals surface area contributed by atoms with Crippen LogP contribution in [-0.2, 0) is 0 Å². The summed E-state index contributed by atoms with van der Waals surface area (Å²) in [5.41, 5.74) is -0.338. The summed E-state index contributed by atoms with van der Waals surface area (Å²) in [5.74, 6) is -0.930. The van der Waals surface area contributed by atoms with E-state index in [-0.39, 0.29) is 11.4 Å². The highest BCUT2D eigenvalue weighted by Crippen LogP contribution is 2.23. The number of nitro benzene ring substituents is 1. The molecule has 0 aliphatic rings. The molecule has 0 saturated heterocycles. The smallest absolute Gasteiger partial charge is 0.272 e. The standard InChI is InChI=1S/C10H12FNO4/c1-6(13)7(2)16-10-4-3-8(12(14)15)5-9(10)11/h3-7,13H,1-2H3. The van der Waals surface area contributed by atoms with Crippen LogP contribution in [-0.4, -0.2) is 22.2 Å². The van der Waals surface area contributed by atoms with Crippen molar-refractivity contribution in [1.29, 1.82) is 0 Å². The van der Waals surface area contributed by atoms with Gasteiger partial charge in [-0.15, -0.1) is 0 Å². The van der Waals surface area contributed by atoms with Crippen LogP contribution in [0.1, 0.15) is 13.8 Å². The van der Waals surface area contributed by atoms with Gasteiger partial charge in [-0.25, -0.2) is 4.39 Å². The van der Waals surface area contributed by atoms with Crippen molar-refractivity contribution in [2.45, 2.75) is 26.1 Å². The second kappa shape index (κ2) is 4.89. The largest absolute Gasteiger partial charge is 0.485 e. The SMILES string of the molecule is CC(O)C(C)Oc1ccc([N+](=O)[O-])cc1F. The van der Waals surface area contributed by atoms with E-state index in [1.807, 2.05) is 0 Å². The Labute approximate surface area is 91.6 Å². The van der Waals surface area contributed by atoms with Gasteiger partial charge in [0.25, 0.3) is 5.69 Å². The zero-order chi connectivity index (χ0) is 12.3. The summed E-state index contributed by atoms with van der Waals surface area (Å²) in [6.45, 7) is 3.08. The van der Waals surface area contributed by atoms with Crippen LogP contribution in [0.25, 0.3) is 0 Å². The molecule has 1 aromatic rings. The van der Waals surface area contributed by atoms with Gasteiger partial charge in [0, 0.05) is 6.07 Å². The Balaban J connectivity index is 2.87. The van der Waals surface area contributed by atoms with Crippen LogP contribution < -0.4 is 4.74 Å². The van der Waals surface area contributed by atoms with Crippen molar-refractivity contribution in [2.75, 3.05) is 0 Å². The highest BCUT2D eigenvalue weighted by molar-refractivity contribution is 5.37. The Morgan fingerprint density at radius 1 is 1.50 bits per heavy atom. The number of benzene rings is 1. The molecule has 1 N–H and O–H groups in total. The first-order valence-corrected chi connectivity index (χ1v) is 4.70. The van der Waals surface area contributed by atoms with Gasteiger partial charge in [0.05, 0.1) is 17.1 Å². The Morgan fingerprint density at radius 3 is 2.56 bits per heavy atom. The average Bonchev–Trinajstić information content (AvgIpc) is 2.20. The zero-order valence-corrected chi connectivity index (χ0v) is 8.88. The van der Waals surface area contributed by atoms with Crippen LogP contribution in [0.3, 0.4) is 0 Å². The third-order valence-electron chi connectivity index (χ3n) is 2.12. The quantitative estimate of drug-likeness (QED) is 0.632. The van der Waals surface area contributed by atoms with Gasteiger partial charge in [-0.1, -0.05) is 0 Å². The van der Waals surface area contributed by atoms with Gasteiger partial charge in [0.15, 0.2) is 11.6 Å². The number of nitro groups is 1. The number of rotatable bonds is 4. The molecule has 0 amide bonds. The van der Waals surface area contributed by atoms with E-state index in [9.17, 15) is 14.5 Å². The summed E-state index contributed by atoms with van der Waals surface area (Å²) in [6.07, 6.45) is -1.34. The fourth-order valence-corrected chi connectivity index (χ4v) is 0.998. The lowest BCUT2D eigenvalue weighted by molar-refractivity contribution is -0.385. The number of aliphatic hydroxyl groups excluding tert-OH is 1. The topological polar surface area (TPSA) is 72.6 Å². The Kier molecular flexibility index (Phi) is 3.78. The predicted molar refractivity (Wildman–Crippen MR) is 54.8 cm³/mol. The van der Waals surface area contributed by atoms with E-state index in [2.05, 4.69) is 0 Å². The van der Waals surface area contributed by atoms with Crippen LogP contribution >= 0.6 is 0 Å². The van der Waals surface area contributed by atoms with Gasteiger partial charge in [-0.3, -0.25) is 10.1 Å². The lowest BCUT2D eigenvalue weighted by Crippen LogP contribution is -2.25. The minimum Gasteiger partial charge on any atom is -0.485 e. The molecule has 0 radical (unpaired) electrons. The fourth-order valence-electron chi connectivity index (χ4n) is 0.998. The summed E-state index contributed by atoms with van der Waals surface area (Å²) >= 11 is 0. The van der Waals surface area contributed by atoms with E-state index in [1.165, 1.54) is 13.0 Å². The summed E-state index contributed by atoms with van der Waals surface area (Å²) in [4.78, 5) is 9.66. The number of aliphatic hydroxyl groups is 1. The molecule has 0 aromatic heterocycles. The predicted octanol–water partition coefficient (Wildman–Crippen LogP) is 1.88. The number of nitrogens with zero attached hydrogens (tertiary/aromatic N) is 1. The number of halogens is 1. The zero-order valence-electron chi connectivity index (χ0n) is 8.88. The number of non-ortho nitro benzene ring substituents is 1. The molecular formula is C10H12FNO4. The van der Waals surface area contributed by atoms with Crippen LogP contribution in [0.2, 0.25) is 0 Å². The van der Waals surface area contributed by atoms with Crippen LogP contribution in [0, 0.1) is 15.9 Å². The number of hydrogen-bond donors (Lipinski definition) is 1. The van der Waals surface area contributed by atoms with E-state index >= 15 is 0 Å². The molecular weight excluding hydrogens is 217 g/mol. The molecule has 1 aromatic carbocycles. The van der Waals surface area contributed by atoms with Crippen LogP contribution in [0.15, 0.2) is 18.2 Å². The van der Waals surface area contributed by atoms with E-state index in [4.69, 9.17) is 9.84 Å². The van der Waals surface area contributed by atoms with Gasteiger partial charge in [-0.05, 0) is 19.9 Å². The first kappa shape index (κ1) is 12.4. The minimum atomic E-state index is -0.818. The second-order valence-corrected chi connectivity index (χ2v) is 3.44. The maximum absolute atomic E-state index is 13.3. The summed E-state index contributed by atoms with van der Waals surface area (Å²) < 4.78 is 18.4. The van der Waals surface area contributed by atoms with E-state index in [1.54, 1.807) is 6.92 Å². The van der Waals surface area contributed by atoms with Crippen molar-refractivity contribution in [3.05, 3.63) is 34.1 Å². The van der Waals surface area contributed by atoms with Crippen molar-refractivity contribution >= 4 is 5.69 Å². The maximum Gasteiger partial charge on any atom is 0.272 e. The van der Waals surface area contributed by atoms with Crippen molar-refractivity contribution in [3.8, 4) is 5.75 Å². The molecule has 0 aliphatic heterocycles. The van der Waals surface area contributed by atoms with E-state index < -0.39 is 22.9 Å². The molecule has 6 heteroatoms. The van der Waals surface area contributed by atoms with Gasteiger partial charge < -0.3 is 9.84 Å². The first-order chi connectivity index (χ1) is 7.41. The molecule has 88 valence electrons. The molecule has 1 rings (SSSR count). The van der Waals surface area contributed by atoms with Gasteiger partial charge in [-0.2, -0.15) is 0 Å². The number of ether oxygens (including phenoxy) is 1.